The largest absolute Gasteiger partial charge is 0.319 e. The second-order valence-corrected chi connectivity index (χ2v) is 4.03. The number of carbonyl (C=O) groups is 1. The van der Waals surface area contributed by atoms with Crippen molar-refractivity contribution in [3.8, 4) is 0 Å². The molecule has 0 unspecified atom stereocenters. The first-order valence-corrected chi connectivity index (χ1v) is 5.46. The topological polar surface area (TPSA) is 29.1 Å². The van der Waals surface area contributed by atoms with Crippen LogP contribution < -0.4 is 5.32 Å². The van der Waals surface area contributed by atoms with Crippen LogP contribution in [0.2, 0.25) is 5.02 Å². The lowest BCUT2D eigenvalue weighted by molar-refractivity contribution is 0.102. The van der Waals surface area contributed by atoms with Gasteiger partial charge in [0.25, 0.3) is 5.91 Å². The second-order valence-electron chi connectivity index (χ2n) is 3.59. The summed E-state index contributed by atoms with van der Waals surface area (Å²) in [5, 5.41) is 2.75. The van der Waals surface area contributed by atoms with Gasteiger partial charge in [0.2, 0.25) is 0 Å². The molecule has 2 aromatic carbocycles. The van der Waals surface area contributed by atoms with E-state index in [-0.39, 0.29) is 5.69 Å². The molecule has 1 amide bonds. The molecule has 0 radical (unpaired) electrons. The summed E-state index contributed by atoms with van der Waals surface area (Å²) >= 11 is 5.74. The fraction of sp³-hybridized carbons (Fsp3) is 0. The highest BCUT2D eigenvalue weighted by molar-refractivity contribution is 6.31. The van der Waals surface area contributed by atoms with Crippen molar-refractivity contribution in [1.82, 2.24) is 0 Å². The first kappa shape index (κ1) is 12.5. The molecule has 5 heteroatoms. The first-order chi connectivity index (χ1) is 8.56. The molecule has 0 fully saturated rings. The average Bonchev–Trinajstić information content (AvgIpc) is 2.32. The predicted octanol–water partition coefficient (Wildman–Crippen LogP) is 3.87. The van der Waals surface area contributed by atoms with Gasteiger partial charge in [-0.25, -0.2) is 8.78 Å². The van der Waals surface area contributed by atoms with Gasteiger partial charge in [0.15, 0.2) is 0 Å². The molecule has 2 aromatic rings. The molecule has 0 aliphatic heterocycles. The number of rotatable bonds is 2. The van der Waals surface area contributed by atoms with Gasteiger partial charge >= 0.3 is 0 Å². The number of nitrogens with one attached hydrogen (secondary N) is 1. The summed E-state index contributed by atoms with van der Waals surface area (Å²) in [5.74, 6) is -2.04. The van der Waals surface area contributed by atoms with Gasteiger partial charge < -0.3 is 5.32 Å². The number of benzene rings is 2. The molecule has 0 aliphatic rings. The van der Waals surface area contributed by atoms with Crippen molar-refractivity contribution in [2.45, 2.75) is 0 Å². The molecule has 0 heterocycles. The SMILES string of the molecule is O=C(Nc1ccc(F)cc1F)c1cccc(Cl)c1. The van der Waals surface area contributed by atoms with Gasteiger partial charge in [-0.3, -0.25) is 4.79 Å². The summed E-state index contributed by atoms with van der Waals surface area (Å²) in [5.41, 5.74) is 0.215. The van der Waals surface area contributed by atoms with Crippen molar-refractivity contribution in [1.29, 1.82) is 0 Å². The Morgan fingerprint density at radius 2 is 1.89 bits per heavy atom. The molecule has 18 heavy (non-hydrogen) atoms. The molecular weight excluding hydrogens is 260 g/mol. The molecule has 0 atom stereocenters. The molecule has 0 aliphatic carbocycles. The monoisotopic (exact) mass is 267 g/mol. The van der Waals surface area contributed by atoms with Crippen LogP contribution in [0.4, 0.5) is 14.5 Å². The molecule has 2 rings (SSSR count). The van der Waals surface area contributed by atoms with Crippen LogP contribution >= 0.6 is 11.6 Å². The molecular formula is C13H8ClF2NO. The van der Waals surface area contributed by atoms with Crippen LogP contribution in [-0.4, -0.2) is 5.91 Å². The minimum absolute atomic E-state index is 0.0821. The quantitative estimate of drug-likeness (QED) is 0.879. The third-order valence-electron chi connectivity index (χ3n) is 2.27. The molecule has 1 N–H and O–H groups in total. The van der Waals surface area contributed by atoms with Crippen LogP contribution in [0.5, 0.6) is 0 Å². The van der Waals surface area contributed by atoms with Crippen LogP contribution in [-0.2, 0) is 0 Å². The van der Waals surface area contributed by atoms with Crippen LogP contribution in [0, 0.1) is 11.6 Å². The van der Waals surface area contributed by atoms with Crippen LogP contribution in [0.3, 0.4) is 0 Å². The lowest BCUT2D eigenvalue weighted by Crippen LogP contribution is -2.13. The Morgan fingerprint density at radius 3 is 2.56 bits per heavy atom. The van der Waals surface area contributed by atoms with Crippen molar-refractivity contribution in [3.63, 3.8) is 0 Å². The summed E-state index contributed by atoms with van der Waals surface area (Å²) in [6, 6.07) is 9.16. The minimum atomic E-state index is -0.828. The fourth-order valence-corrected chi connectivity index (χ4v) is 1.61. The maximum absolute atomic E-state index is 13.3. The second kappa shape index (κ2) is 5.14. The van der Waals surface area contributed by atoms with E-state index in [1.54, 1.807) is 18.2 Å². The summed E-state index contributed by atoms with van der Waals surface area (Å²) in [6.45, 7) is 0. The Kier molecular flexibility index (Phi) is 3.58. The van der Waals surface area contributed by atoms with Crippen molar-refractivity contribution < 1.29 is 13.6 Å². The third-order valence-corrected chi connectivity index (χ3v) is 2.50. The van der Waals surface area contributed by atoms with Crippen LogP contribution in [0.25, 0.3) is 0 Å². The third kappa shape index (κ3) is 2.84. The van der Waals surface area contributed by atoms with Crippen LogP contribution in [0.1, 0.15) is 10.4 Å². The molecule has 0 saturated heterocycles. The Balaban J connectivity index is 2.21. The van der Waals surface area contributed by atoms with E-state index in [1.807, 2.05) is 0 Å². The Morgan fingerprint density at radius 1 is 1.11 bits per heavy atom. The van der Waals surface area contributed by atoms with Gasteiger partial charge in [-0.1, -0.05) is 17.7 Å². The number of halogens is 3. The molecule has 0 spiro atoms. The smallest absolute Gasteiger partial charge is 0.255 e. The van der Waals surface area contributed by atoms with Crippen molar-refractivity contribution in [2.24, 2.45) is 0 Å². The molecule has 0 bridgehead atoms. The predicted molar refractivity (Wildman–Crippen MR) is 65.8 cm³/mol. The van der Waals surface area contributed by atoms with Gasteiger partial charge in [-0.05, 0) is 30.3 Å². The van der Waals surface area contributed by atoms with E-state index in [2.05, 4.69) is 5.32 Å². The van der Waals surface area contributed by atoms with E-state index < -0.39 is 17.5 Å². The summed E-state index contributed by atoms with van der Waals surface area (Å²) in [6.07, 6.45) is 0. The Bertz CT molecular complexity index is 601. The van der Waals surface area contributed by atoms with Gasteiger partial charge in [-0.2, -0.15) is 0 Å². The summed E-state index contributed by atoms with van der Waals surface area (Å²) in [4.78, 5) is 11.8. The van der Waals surface area contributed by atoms with Gasteiger partial charge in [-0.15, -0.1) is 0 Å². The minimum Gasteiger partial charge on any atom is -0.319 e. The average molecular weight is 268 g/mol. The molecule has 2 nitrogen and oxygen atoms in total. The highest BCUT2D eigenvalue weighted by Gasteiger charge is 2.10. The molecule has 0 saturated carbocycles. The standard InChI is InChI=1S/C13H8ClF2NO/c14-9-3-1-2-8(6-9)13(18)17-12-5-4-10(15)7-11(12)16/h1-7H,(H,17,18). The zero-order valence-corrected chi connectivity index (χ0v) is 9.84. The van der Waals surface area contributed by atoms with E-state index in [4.69, 9.17) is 11.6 Å². The van der Waals surface area contributed by atoms with E-state index >= 15 is 0 Å². The highest BCUT2D eigenvalue weighted by Crippen LogP contribution is 2.17. The lowest BCUT2D eigenvalue weighted by Gasteiger charge is -2.06. The molecule has 0 aromatic heterocycles. The maximum atomic E-state index is 13.3. The number of amides is 1. The normalized spacial score (nSPS) is 10.2. The van der Waals surface area contributed by atoms with Gasteiger partial charge in [0.1, 0.15) is 11.6 Å². The number of carbonyl (C=O) groups excluding carboxylic acids is 1. The highest BCUT2D eigenvalue weighted by atomic mass is 35.5. The van der Waals surface area contributed by atoms with E-state index in [9.17, 15) is 13.6 Å². The van der Waals surface area contributed by atoms with E-state index in [0.29, 0.717) is 16.7 Å². The zero-order chi connectivity index (χ0) is 13.1. The number of hydrogen-bond donors (Lipinski definition) is 1. The zero-order valence-electron chi connectivity index (χ0n) is 9.08. The Hall–Kier alpha value is -1.94. The van der Waals surface area contributed by atoms with Crippen molar-refractivity contribution >= 4 is 23.2 Å². The van der Waals surface area contributed by atoms with E-state index in [0.717, 1.165) is 12.1 Å². The lowest BCUT2D eigenvalue weighted by atomic mass is 10.2. The number of anilines is 1. The van der Waals surface area contributed by atoms with Crippen molar-refractivity contribution in [2.75, 3.05) is 5.32 Å². The fourth-order valence-electron chi connectivity index (χ4n) is 1.42. The van der Waals surface area contributed by atoms with Gasteiger partial charge in [0.05, 0.1) is 5.69 Å². The first-order valence-electron chi connectivity index (χ1n) is 5.08. The molecule has 92 valence electrons. The summed E-state index contributed by atoms with van der Waals surface area (Å²) in [7, 11) is 0. The van der Waals surface area contributed by atoms with Crippen LogP contribution in [0.15, 0.2) is 42.5 Å². The number of hydrogen-bond acceptors (Lipinski definition) is 1. The Labute approximate surface area is 107 Å². The maximum Gasteiger partial charge on any atom is 0.255 e. The van der Waals surface area contributed by atoms with Gasteiger partial charge in [0, 0.05) is 16.7 Å². The summed E-state index contributed by atoms with van der Waals surface area (Å²) < 4.78 is 26.0. The van der Waals surface area contributed by atoms with E-state index in [1.165, 1.54) is 6.07 Å². The van der Waals surface area contributed by atoms with Crippen molar-refractivity contribution in [3.05, 3.63) is 64.7 Å².